The fourth-order valence-electron chi connectivity index (χ4n) is 2.72. The van der Waals surface area contributed by atoms with Crippen molar-refractivity contribution in [2.24, 2.45) is 5.92 Å². The maximum atomic E-state index is 12.6. The van der Waals surface area contributed by atoms with Gasteiger partial charge in [0.15, 0.2) is 0 Å². The molecule has 0 radical (unpaired) electrons. The molecule has 2 aromatic rings. The van der Waals surface area contributed by atoms with Crippen LogP contribution in [0.1, 0.15) is 41.0 Å². The Labute approximate surface area is 174 Å². The van der Waals surface area contributed by atoms with E-state index in [1.54, 1.807) is 24.3 Å². The Kier molecular flexibility index (Phi) is 7.61. The summed E-state index contributed by atoms with van der Waals surface area (Å²) in [4.78, 5) is 36.5. The number of carbonyl (C=O) groups is 3. The molecule has 2 rings (SSSR count). The highest BCUT2D eigenvalue weighted by atomic mass is 35.5. The molecule has 2 aromatic carbocycles. The Morgan fingerprint density at radius 2 is 1.79 bits per heavy atom. The summed E-state index contributed by atoms with van der Waals surface area (Å²) in [6.45, 7) is 3.74. The number of carboxylic acids is 1. The fraction of sp³-hybridized carbons (Fsp3) is 0.286. The topological polar surface area (TPSA) is 105 Å². The van der Waals surface area contributed by atoms with E-state index in [1.807, 2.05) is 13.8 Å². The van der Waals surface area contributed by atoms with Crippen LogP contribution in [0.5, 0.6) is 5.75 Å². The van der Waals surface area contributed by atoms with Crippen molar-refractivity contribution < 1.29 is 24.2 Å². The Balaban J connectivity index is 2.21. The van der Waals surface area contributed by atoms with Gasteiger partial charge in [-0.3, -0.25) is 9.59 Å². The maximum Gasteiger partial charge on any atom is 0.326 e. The molecule has 0 saturated heterocycles. The van der Waals surface area contributed by atoms with Gasteiger partial charge in [-0.2, -0.15) is 0 Å². The minimum absolute atomic E-state index is 0.0947. The lowest BCUT2D eigenvalue weighted by molar-refractivity contribution is -0.139. The number of carbonyl (C=O) groups excluding carboxylic acids is 2. The van der Waals surface area contributed by atoms with Crippen molar-refractivity contribution in [2.45, 2.75) is 26.3 Å². The molecular weight excluding hydrogens is 396 g/mol. The number of amides is 2. The highest BCUT2D eigenvalue weighted by Crippen LogP contribution is 2.25. The Hall–Kier alpha value is -3.06. The van der Waals surface area contributed by atoms with Gasteiger partial charge in [0.1, 0.15) is 11.8 Å². The zero-order chi connectivity index (χ0) is 21.6. The van der Waals surface area contributed by atoms with Crippen molar-refractivity contribution in [1.29, 1.82) is 0 Å². The Morgan fingerprint density at radius 1 is 1.10 bits per heavy atom. The lowest BCUT2D eigenvalue weighted by atomic mass is 10.0. The third-order valence-electron chi connectivity index (χ3n) is 4.14. The second-order valence-corrected chi connectivity index (χ2v) is 7.25. The van der Waals surface area contributed by atoms with E-state index >= 15 is 0 Å². The van der Waals surface area contributed by atoms with E-state index in [1.165, 1.54) is 25.3 Å². The van der Waals surface area contributed by atoms with Crippen LogP contribution in [0.25, 0.3) is 0 Å². The van der Waals surface area contributed by atoms with Gasteiger partial charge >= 0.3 is 5.97 Å². The number of hydrogen-bond donors (Lipinski definition) is 3. The Morgan fingerprint density at radius 3 is 2.41 bits per heavy atom. The fourth-order valence-corrected chi connectivity index (χ4v) is 2.88. The van der Waals surface area contributed by atoms with Crippen LogP contribution in [0.3, 0.4) is 0 Å². The molecule has 3 N–H and O–H groups in total. The summed E-state index contributed by atoms with van der Waals surface area (Å²) >= 11 is 6.16. The van der Waals surface area contributed by atoms with Crippen LogP contribution in [0, 0.1) is 5.92 Å². The van der Waals surface area contributed by atoms with E-state index in [0.29, 0.717) is 17.7 Å². The van der Waals surface area contributed by atoms with Crippen molar-refractivity contribution in [3.63, 3.8) is 0 Å². The van der Waals surface area contributed by atoms with Gasteiger partial charge in [-0.15, -0.1) is 0 Å². The first-order valence-corrected chi connectivity index (χ1v) is 9.38. The van der Waals surface area contributed by atoms with Crippen LogP contribution in [0.15, 0.2) is 42.5 Å². The van der Waals surface area contributed by atoms with Crippen molar-refractivity contribution in [1.82, 2.24) is 5.32 Å². The van der Waals surface area contributed by atoms with Crippen LogP contribution >= 0.6 is 11.6 Å². The van der Waals surface area contributed by atoms with Crippen LogP contribution in [0.4, 0.5) is 5.69 Å². The molecule has 0 spiro atoms. The number of para-hydroxylation sites is 1. The van der Waals surface area contributed by atoms with Crippen LogP contribution in [-0.2, 0) is 4.79 Å². The van der Waals surface area contributed by atoms with Gasteiger partial charge in [0.05, 0.1) is 23.4 Å². The van der Waals surface area contributed by atoms with Crippen LogP contribution < -0.4 is 15.4 Å². The summed E-state index contributed by atoms with van der Waals surface area (Å²) in [6, 6.07) is 10.0. The number of halogens is 1. The molecule has 29 heavy (non-hydrogen) atoms. The first kappa shape index (κ1) is 22.2. The molecule has 1 atom stereocenters. The minimum Gasteiger partial charge on any atom is -0.496 e. The van der Waals surface area contributed by atoms with Gasteiger partial charge < -0.3 is 20.5 Å². The second kappa shape index (κ2) is 9.93. The molecule has 0 saturated carbocycles. The SMILES string of the molecule is COc1ccccc1C(=O)Nc1cc(C(=O)NC(CC(C)C)C(=O)O)ccc1Cl. The van der Waals surface area contributed by atoms with Gasteiger partial charge in [-0.05, 0) is 42.7 Å². The van der Waals surface area contributed by atoms with Crippen molar-refractivity contribution >= 4 is 35.1 Å². The molecule has 0 fully saturated rings. The van der Waals surface area contributed by atoms with Crippen LogP contribution in [0.2, 0.25) is 5.02 Å². The zero-order valence-electron chi connectivity index (χ0n) is 16.4. The smallest absolute Gasteiger partial charge is 0.326 e. The van der Waals surface area contributed by atoms with Gasteiger partial charge in [0.2, 0.25) is 0 Å². The zero-order valence-corrected chi connectivity index (χ0v) is 17.1. The van der Waals surface area contributed by atoms with E-state index < -0.39 is 23.8 Å². The third-order valence-corrected chi connectivity index (χ3v) is 4.47. The standard InChI is InChI=1S/C21H23ClN2O5/c1-12(2)10-17(21(27)28)24-19(25)13-8-9-15(22)16(11-13)23-20(26)14-6-4-5-7-18(14)29-3/h4-9,11-12,17H,10H2,1-3H3,(H,23,26)(H,24,25)(H,27,28). The van der Waals surface area contributed by atoms with E-state index in [2.05, 4.69) is 10.6 Å². The number of benzene rings is 2. The Bertz CT molecular complexity index is 914. The third kappa shape index (κ3) is 5.96. The van der Waals surface area contributed by atoms with Crippen LogP contribution in [-0.4, -0.2) is 36.0 Å². The average molecular weight is 419 g/mol. The monoisotopic (exact) mass is 418 g/mol. The van der Waals surface area contributed by atoms with Gasteiger partial charge in [0, 0.05) is 5.56 Å². The lowest BCUT2D eigenvalue weighted by Gasteiger charge is -2.17. The molecule has 154 valence electrons. The van der Waals surface area contributed by atoms with Gasteiger partial charge in [-0.1, -0.05) is 37.6 Å². The summed E-state index contributed by atoms with van der Waals surface area (Å²) in [5.41, 5.74) is 0.717. The molecule has 0 aliphatic rings. The number of ether oxygens (including phenoxy) is 1. The summed E-state index contributed by atoms with van der Waals surface area (Å²) < 4.78 is 5.18. The first-order chi connectivity index (χ1) is 13.7. The lowest BCUT2D eigenvalue weighted by Crippen LogP contribution is -2.41. The van der Waals surface area contributed by atoms with E-state index in [4.69, 9.17) is 16.3 Å². The first-order valence-electron chi connectivity index (χ1n) is 9.00. The molecule has 0 aliphatic heterocycles. The summed E-state index contributed by atoms with van der Waals surface area (Å²) in [5.74, 6) is -1.64. The minimum atomic E-state index is -1.11. The number of nitrogens with one attached hydrogen (secondary N) is 2. The van der Waals surface area contributed by atoms with E-state index in [-0.39, 0.29) is 22.2 Å². The number of methoxy groups -OCH3 is 1. The maximum absolute atomic E-state index is 12.6. The number of carboxylic acid groups (broad SMARTS) is 1. The molecule has 0 bridgehead atoms. The largest absolute Gasteiger partial charge is 0.496 e. The molecule has 1 unspecified atom stereocenters. The molecular formula is C21H23ClN2O5. The predicted octanol–water partition coefficient (Wildman–Crippen LogP) is 3.83. The number of rotatable bonds is 8. The summed E-state index contributed by atoms with van der Waals surface area (Å²) in [7, 11) is 1.46. The molecule has 7 nitrogen and oxygen atoms in total. The van der Waals surface area contributed by atoms with E-state index in [0.717, 1.165) is 0 Å². The normalized spacial score (nSPS) is 11.6. The van der Waals surface area contributed by atoms with Gasteiger partial charge in [0.25, 0.3) is 11.8 Å². The quantitative estimate of drug-likeness (QED) is 0.604. The molecule has 8 heteroatoms. The highest BCUT2D eigenvalue weighted by molar-refractivity contribution is 6.34. The van der Waals surface area contributed by atoms with Crippen molar-refractivity contribution in [2.75, 3.05) is 12.4 Å². The second-order valence-electron chi connectivity index (χ2n) is 6.84. The van der Waals surface area contributed by atoms with Crippen molar-refractivity contribution in [3.05, 3.63) is 58.6 Å². The highest BCUT2D eigenvalue weighted by Gasteiger charge is 2.22. The molecule has 0 aromatic heterocycles. The summed E-state index contributed by atoms with van der Waals surface area (Å²) in [6.07, 6.45) is 0.298. The average Bonchev–Trinajstić information content (AvgIpc) is 2.68. The predicted molar refractivity (Wildman–Crippen MR) is 111 cm³/mol. The number of aliphatic carboxylic acids is 1. The van der Waals surface area contributed by atoms with Crippen molar-refractivity contribution in [3.8, 4) is 5.75 Å². The molecule has 0 heterocycles. The number of hydrogen-bond acceptors (Lipinski definition) is 4. The number of anilines is 1. The molecule has 2 amide bonds. The molecule has 0 aliphatic carbocycles. The summed E-state index contributed by atoms with van der Waals surface area (Å²) in [5, 5.41) is 14.7. The van der Waals surface area contributed by atoms with Gasteiger partial charge in [-0.25, -0.2) is 4.79 Å². The van der Waals surface area contributed by atoms with E-state index in [9.17, 15) is 19.5 Å².